The Morgan fingerprint density at radius 1 is 1.33 bits per heavy atom. The molecule has 0 spiro atoms. The number of rotatable bonds is 6. The largest absolute Gasteiger partial charge is 0.497 e. The Morgan fingerprint density at radius 2 is 1.94 bits per heavy atom. The van der Waals surface area contributed by atoms with Gasteiger partial charge in [0.15, 0.2) is 0 Å². The molecule has 3 nitrogen and oxygen atoms in total. The topological polar surface area (TPSA) is 45.0 Å². The van der Waals surface area contributed by atoms with E-state index < -0.39 is 0 Å². The molecule has 4 heteroatoms. The van der Waals surface area contributed by atoms with Crippen LogP contribution in [0, 0.1) is 11.3 Å². The van der Waals surface area contributed by atoms with E-state index in [1.54, 1.807) is 18.9 Å². The minimum absolute atomic E-state index is 0.0664. The number of thioether (sulfide) groups is 1. The highest BCUT2D eigenvalue weighted by molar-refractivity contribution is 7.98. The first kappa shape index (κ1) is 16.8. The fourth-order valence-corrected chi connectivity index (χ4v) is 2.22. The third-order valence-electron chi connectivity index (χ3n) is 2.22. The fraction of sp³-hybridized carbons (Fsp3) is 0.500. The van der Waals surface area contributed by atoms with Crippen LogP contribution in [0.5, 0.6) is 5.75 Å². The van der Waals surface area contributed by atoms with Gasteiger partial charge in [-0.2, -0.15) is 17.0 Å². The average molecular weight is 266 g/mol. The lowest BCUT2D eigenvalue weighted by Crippen LogP contribution is -2.25. The van der Waals surface area contributed by atoms with Crippen molar-refractivity contribution in [2.45, 2.75) is 25.6 Å². The van der Waals surface area contributed by atoms with E-state index >= 15 is 0 Å². The minimum Gasteiger partial charge on any atom is -0.497 e. The number of hydrogen-bond donors (Lipinski definition) is 1. The second-order valence-electron chi connectivity index (χ2n) is 3.33. The van der Waals surface area contributed by atoms with Gasteiger partial charge in [-0.3, -0.25) is 0 Å². The van der Waals surface area contributed by atoms with Crippen LogP contribution in [0.3, 0.4) is 0 Å². The van der Waals surface area contributed by atoms with Crippen LogP contribution in [0.1, 0.15) is 19.4 Å². The lowest BCUT2D eigenvalue weighted by molar-refractivity contribution is 0.414. The number of nitrogens with zero attached hydrogens (tertiary/aromatic N) is 1. The molecule has 1 unspecified atom stereocenters. The summed E-state index contributed by atoms with van der Waals surface area (Å²) in [7, 11) is 3.47. The molecule has 1 rings (SSSR count). The molecule has 0 aliphatic heterocycles. The van der Waals surface area contributed by atoms with Crippen molar-refractivity contribution in [1.29, 1.82) is 5.26 Å². The van der Waals surface area contributed by atoms with E-state index in [0.717, 1.165) is 17.3 Å². The first-order valence-corrected chi connectivity index (χ1v) is 7.23. The smallest absolute Gasteiger partial charge is 0.118 e. The van der Waals surface area contributed by atoms with Crippen molar-refractivity contribution in [2.24, 2.45) is 0 Å². The summed E-state index contributed by atoms with van der Waals surface area (Å²) in [4.78, 5) is 0. The fourth-order valence-electron chi connectivity index (χ4n) is 1.20. The highest BCUT2D eigenvalue weighted by Crippen LogP contribution is 2.16. The highest BCUT2D eigenvalue weighted by atomic mass is 32.2. The maximum atomic E-state index is 8.75. The molecule has 0 saturated heterocycles. The zero-order chi connectivity index (χ0) is 13.8. The summed E-state index contributed by atoms with van der Waals surface area (Å²) in [5, 5.41) is 11.7. The van der Waals surface area contributed by atoms with Crippen LogP contribution in [0.25, 0.3) is 0 Å². The quantitative estimate of drug-likeness (QED) is 0.859. The standard InChI is InChI=1S/C12H16N2OS.C2H6/c1-14-11(7-13)9-16-8-10-3-5-12(15-2)6-4-10;1-2/h3-6,11,14H,8-9H2,1-2H3;1-2H3. The number of hydrogen-bond acceptors (Lipinski definition) is 4. The molecule has 0 radical (unpaired) electrons. The second kappa shape index (κ2) is 10.9. The lowest BCUT2D eigenvalue weighted by Gasteiger charge is -2.07. The van der Waals surface area contributed by atoms with Crippen molar-refractivity contribution in [1.82, 2.24) is 5.32 Å². The Kier molecular flexibility index (Phi) is 10.2. The van der Waals surface area contributed by atoms with Crippen LogP contribution in [0.15, 0.2) is 24.3 Å². The molecule has 0 amide bonds. The Labute approximate surface area is 115 Å². The minimum atomic E-state index is -0.0664. The molecule has 0 aliphatic rings. The van der Waals surface area contributed by atoms with Gasteiger partial charge in [-0.05, 0) is 24.7 Å². The van der Waals surface area contributed by atoms with Gasteiger partial charge in [0.25, 0.3) is 0 Å². The van der Waals surface area contributed by atoms with Gasteiger partial charge in [0, 0.05) is 11.5 Å². The second-order valence-corrected chi connectivity index (χ2v) is 4.36. The predicted molar refractivity (Wildman–Crippen MR) is 79.0 cm³/mol. The number of nitrogens with one attached hydrogen (secondary N) is 1. The summed E-state index contributed by atoms with van der Waals surface area (Å²) in [6, 6.07) is 10.1. The van der Waals surface area contributed by atoms with Crippen LogP contribution >= 0.6 is 11.8 Å². The average Bonchev–Trinajstić information content (AvgIpc) is 2.46. The van der Waals surface area contributed by atoms with Crippen molar-refractivity contribution in [3.8, 4) is 11.8 Å². The van der Waals surface area contributed by atoms with E-state index in [1.165, 1.54) is 5.56 Å². The van der Waals surface area contributed by atoms with Gasteiger partial charge >= 0.3 is 0 Å². The Morgan fingerprint density at radius 3 is 2.39 bits per heavy atom. The molecule has 0 aliphatic carbocycles. The van der Waals surface area contributed by atoms with Crippen molar-refractivity contribution in [2.75, 3.05) is 19.9 Å². The molecule has 1 aromatic rings. The predicted octanol–water partition coefficient (Wildman–Crippen LogP) is 3.07. The molecule has 0 saturated carbocycles. The van der Waals surface area contributed by atoms with E-state index in [4.69, 9.17) is 10.00 Å². The zero-order valence-electron chi connectivity index (χ0n) is 11.6. The van der Waals surface area contributed by atoms with Crippen molar-refractivity contribution in [3.63, 3.8) is 0 Å². The Bertz CT molecular complexity index is 346. The number of ether oxygens (including phenoxy) is 1. The molecule has 18 heavy (non-hydrogen) atoms. The van der Waals surface area contributed by atoms with Gasteiger partial charge in [0.2, 0.25) is 0 Å². The Balaban J connectivity index is 0.00000137. The van der Waals surface area contributed by atoms with Crippen molar-refractivity contribution in [3.05, 3.63) is 29.8 Å². The third kappa shape index (κ3) is 6.53. The van der Waals surface area contributed by atoms with Crippen molar-refractivity contribution < 1.29 is 4.74 Å². The summed E-state index contributed by atoms with van der Waals surface area (Å²) in [6.45, 7) is 4.00. The van der Waals surface area contributed by atoms with E-state index in [0.29, 0.717) is 0 Å². The molecular weight excluding hydrogens is 244 g/mol. The zero-order valence-corrected chi connectivity index (χ0v) is 12.4. The van der Waals surface area contributed by atoms with Crippen LogP contribution in [0.4, 0.5) is 0 Å². The third-order valence-corrected chi connectivity index (χ3v) is 3.32. The van der Waals surface area contributed by atoms with E-state index in [2.05, 4.69) is 11.4 Å². The SMILES string of the molecule is CC.CNC(C#N)CSCc1ccc(OC)cc1. The number of benzene rings is 1. The van der Waals surface area contributed by atoms with Crippen LogP contribution in [-0.4, -0.2) is 26.0 Å². The summed E-state index contributed by atoms with van der Waals surface area (Å²) in [5.41, 5.74) is 1.25. The molecule has 0 bridgehead atoms. The van der Waals surface area contributed by atoms with E-state index in [9.17, 15) is 0 Å². The van der Waals surface area contributed by atoms with Gasteiger partial charge in [0.1, 0.15) is 11.8 Å². The maximum absolute atomic E-state index is 8.75. The summed E-state index contributed by atoms with van der Waals surface area (Å²) in [6.07, 6.45) is 0. The first-order valence-electron chi connectivity index (χ1n) is 6.07. The van der Waals surface area contributed by atoms with Gasteiger partial charge in [0.05, 0.1) is 13.2 Å². The van der Waals surface area contributed by atoms with Gasteiger partial charge in [-0.15, -0.1) is 0 Å². The van der Waals surface area contributed by atoms with Crippen LogP contribution < -0.4 is 10.1 Å². The molecule has 0 fully saturated rings. The molecule has 1 atom stereocenters. The molecular formula is C14H22N2OS. The Hall–Kier alpha value is -1.18. The van der Waals surface area contributed by atoms with Crippen LogP contribution in [-0.2, 0) is 5.75 Å². The normalized spacial score (nSPS) is 10.8. The molecule has 100 valence electrons. The highest BCUT2D eigenvalue weighted by Gasteiger charge is 2.03. The molecule has 0 heterocycles. The lowest BCUT2D eigenvalue weighted by atomic mass is 10.2. The van der Waals surface area contributed by atoms with E-state index in [1.807, 2.05) is 45.2 Å². The first-order chi connectivity index (χ1) is 8.80. The molecule has 1 aromatic carbocycles. The van der Waals surface area contributed by atoms with Gasteiger partial charge < -0.3 is 10.1 Å². The number of nitriles is 1. The van der Waals surface area contributed by atoms with Crippen LogP contribution in [0.2, 0.25) is 0 Å². The van der Waals surface area contributed by atoms with Crippen molar-refractivity contribution >= 4 is 11.8 Å². The maximum Gasteiger partial charge on any atom is 0.118 e. The number of methoxy groups -OCH3 is 1. The van der Waals surface area contributed by atoms with Gasteiger partial charge in [-0.25, -0.2) is 0 Å². The molecule has 0 aromatic heterocycles. The van der Waals surface area contributed by atoms with Gasteiger partial charge in [-0.1, -0.05) is 26.0 Å². The monoisotopic (exact) mass is 266 g/mol. The molecule has 1 N–H and O–H groups in total. The summed E-state index contributed by atoms with van der Waals surface area (Å²) in [5.74, 6) is 2.60. The summed E-state index contributed by atoms with van der Waals surface area (Å²) >= 11 is 1.75. The summed E-state index contributed by atoms with van der Waals surface area (Å²) < 4.78 is 5.09. The van der Waals surface area contributed by atoms with E-state index in [-0.39, 0.29) is 6.04 Å².